The lowest BCUT2D eigenvalue weighted by Gasteiger charge is -2.39. The van der Waals surface area contributed by atoms with Gasteiger partial charge in [0.2, 0.25) is 5.91 Å². The highest BCUT2D eigenvalue weighted by Crippen LogP contribution is 2.42. The Morgan fingerprint density at radius 1 is 1.00 bits per heavy atom. The summed E-state index contributed by atoms with van der Waals surface area (Å²) in [5.74, 6) is -0.182. The summed E-state index contributed by atoms with van der Waals surface area (Å²) in [6, 6.07) is 24.0. The van der Waals surface area contributed by atoms with Gasteiger partial charge in [-0.05, 0) is 41.5 Å². The van der Waals surface area contributed by atoms with Crippen molar-refractivity contribution in [3.8, 4) is 5.75 Å². The van der Waals surface area contributed by atoms with Crippen LogP contribution in [0.15, 0.2) is 85.1 Å². The molecule has 2 amide bonds. The number of fused-ring (bicyclic) bond motifs is 2. The SMILES string of the molecule is COc1ccc(C2C(C(=O)Nc3cnc4ccccc4c3)c3ccccc3C(=O)N2C)cc1. The third kappa shape index (κ3) is 3.69. The fourth-order valence-corrected chi connectivity index (χ4v) is 4.53. The fourth-order valence-electron chi connectivity index (χ4n) is 4.53. The van der Waals surface area contributed by atoms with Crippen molar-refractivity contribution in [2.75, 3.05) is 19.5 Å². The third-order valence-corrected chi connectivity index (χ3v) is 6.18. The van der Waals surface area contributed by atoms with Crippen LogP contribution >= 0.6 is 0 Å². The number of likely N-dealkylation sites (N-methyl/N-ethyl adjacent to an activating group) is 1. The minimum atomic E-state index is -0.594. The molecule has 164 valence electrons. The van der Waals surface area contributed by atoms with E-state index in [1.165, 1.54) is 0 Å². The smallest absolute Gasteiger partial charge is 0.254 e. The van der Waals surface area contributed by atoms with Gasteiger partial charge in [0, 0.05) is 18.0 Å². The van der Waals surface area contributed by atoms with Crippen LogP contribution in [0.3, 0.4) is 0 Å². The van der Waals surface area contributed by atoms with Crippen LogP contribution in [0.1, 0.15) is 33.4 Å². The maximum absolute atomic E-state index is 13.7. The van der Waals surface area contributed by atoms with Crippen molar-refractivity contribution >= 4 is 28.4 Å². The summed E-state index contributed by atoms with van der Waals surface area (Å²) < 4.78 is 5.28. The summed E-state index contributed by atoms with van der Waals surface area (Å²) >= 11 is 0. The van der Waals surface area contributed by atoms with E-state index in [9.17, 15) is 9.59 Å². The fraction of sp³-hybridized carbons (Fsp3) is 0.148. The monoisotopic (exact) mass is 437 g/mol. The first-order valence-electron chi connectivity index (χ1n) is 10.7. The van der Waals surface area contributed by atoms with Crippen LogP contribution in [0.4, 0.5) is 5.69 Å². The Balaban J connectivity index is 1.57. The van der Waals surface area contributed by atoms with E-state index in [4.69, 9.17) is 4.74 Å². The number of hydrogen-bond donors (Lipinski definition) is 1. The number of benzene rings is 3. The minimum absolute atomic E-state index is 0.108. The molecule has 0 fully saturated rings. The average molecular weight is 437 g/mol. The number of nitrogens with one attached hydrogen (secondary N) is 1. The highest BCUT2D eigenvalue weighted by molar-refractivity contribution is 6.04. The van der Waals surface area contributed by atoms with Crippen LogP contribution in [0.2, 0.25) is 0 Å². The minimum Gasteiger partial charge on any atom is -0.497 e. The molecule has 6 heteroatoms. The molecule has 0 radical (unpaired) electrons. The molecule has 1 aliphatic rings. The number of aromatic nitrogens is 1. The van der Waals surface area contributed by atoms with Gasteiger partial charge in [0.05, 0.1) is 36.5 Å². The van der Waals surface area contributed by atoms with E-state index in [0.717, 1.165) is 16.5 Å². The molecular weight excluding hydrogens is 414 g/mol. The molecule has 33 heavy (non-hydrogen) atoms. The number of amides is 2. The molecule has 0 saturated heterocycles. The summed E-state index contributed by atoms with van der Waals surface area (Å²) in [4.78, 5) is 33.0. The van der Waals surface area contributed by atoms with Crippen molar-refractivity contribution in [1.29, 1.82) is 0 Å². The Labute approximate surface area is 191 Å². The number of pyridine rings is 1. The second kappa shape index (κ2) is 8.39. The second-order valence-corrected chi connectivity index (χ2v) is 8.10. The molecule has 0 aliphatic carbocycles. The Hall–Kier alpha value is -4.19. The molecule has 2 heterocycles. The number of methoxy groups -OCH3 is 1. The van der Waals surface area contributed by atoms with E-state index < -0.39 is 12.0 Å². The van der Waals surface area contributed by atoms with Crippen LogP contribution in [0.25, 0.3) is 10.9 Å². The molecule has 0 spiro atoms. The Bertz CT molecular complexity index is 1350. The first-order chi connectivity index (χ1) is 16.1. The Kier molecular flexibility index (Phi) is 5.26. The number of carbonyl (C=O) groups excluding carboxylic acids is 2. The zero-order valence-electron chi connectivity index (χ0n) is 18.4. The molecule has 3 aromatic carbocycles. The molecule has 1 aromatic heterocycles. The summed E-state index contributed by atoms with van der Waals surface area (Å²) in [7, 11) is 3.35. The van der Waals surface area contributed by atoms with Crippen LogP contribution < -0.4 is 10.1 Å². The molecule has 1 aliphatic heterocycles. The maximum atomic E-state index is 13.7. The zero-order chi connectivity index (χ0) is 22.9. The number of ether oxygens (including phenoxy) is 1. The molecule has 2 atom stereocenters. The molecule has 1 N–H and O–H groups in total. The molecule has 2 unspecified atom stereocenters. The molecular formula is C27H23N3O3. The lowest BCUT2D eigenvalue weighted by atomic mass is 9.79. The lowest BCUT2D eigenvalue weighted by molar-refractivity contribution is -0.119. The normalized spacial score (nSPS) is 17.5. The molecule has 5 rings (SSSR count). The average Bonchev–Trinajstić information content (AvgIpc) is 2.86. The predicted molar refractivity (Wildman–Crippen MR) is 127 cm³/mol. The van der Waals surface area contributed by atoms with E-state index >= 15 is 0 Å². The van der Waals surface area contributed by atoms with Crippen molar-refractivity contribution in [2.24, 2.45) is 0 Å². The first kappa shape index (κ1) is 20.7. The Morgan fingerprint density at radius 2 is 1.73 bits per heavy atom. The van der Waals surface area contributed by atoms with Crippen LogP contribution in [0, 0.1) is 0 Å². The van der Waals surface area contributed by atoms with Gasteiger partial charge in [-0.15, -0.1) is 0 Å². The standard InChI is InChI=1S/C27H23N3O3/c1-30-25(17-11-13-20(33-2)14-12-17)24(21-8-4-5-9-22(21)27(30)32)26(31)29-19-15-18-7-3-6-10-23(18)28-16-19/h3-16,24-25H,1-2H3,(H,29,31). The molecule has 4 aromatic rings. The number of carbonyl (C=O) groups is 2. The van der Waals surface area contributed by atoms with E-state index in [1.807, 2.05) is 72.8 Å². The first-order valence-corrected chi connectivity index (χ1v) is 10.7. The van der Waals surface area contributed by atoms with Crippen LogP contribution in [0.5, 0.6) is 5.75 Å². The number of hydrogen-bond acceptors (Lipinski definition) is 4. The zero-order valence-corrected chi connectivity index (χ0v) is 18.4. The highest BCUT2D eigenvalue weighted by Gasteiger charge is 2.42. The Morgan fingerprint density at radius 3 is 2.52 bits per heavy atom. The lowest BCUT2D eigenvalue weighted by Crippen LogP contribution is -2.44. The van der Waals surface area contributed by atoms with Crippen LogP contribution in [-0.4, -0.2) is 35.9 Å². The van der Waals surface area contributed by atoms with E-state index in [2.05, 4.69) is 10.3 Å². The van der Waals surface area contributed by atoms with Gasteiger partial charge in [-0.25, -0.2) is 0 Å². The summed E-state index contributed by atoms with van der Waals surface area (Å²) in [6.07, 6.45) is 1.66. The van der Waals surface area contributed by atoms with Gasteiger partial charge in [0.1, 0.15) is 5.75 Å². The molecule has 0 bridgehead atoms. The summed E-state index contributed by atoms with van der Waals surface area (Å²) in [5, 5.41) is 3.98. The number of anilines is 1. The highest BCUT2D eigenvalue weighted by atomic mass is 16.5. The van der Waals surface area contributed by atoms with Gasteiger partial charge < -0.3 is 15.0 Å². The second-order valence-electron chi connectivity index (χ2n) is 8.10. The molecule has 0 saturated carbocycles. The third-order valence-electron chi connectivity index (χ3n) is 6.18. The van der Waals surface area contributed by atoms with E-state index in [0.29, 0.717) is 22.6 Å². The van der Waals surface area contributed by atoms with Crippen molar-refractivity contribution < 1.29 is 14.3 Å². The van der Waals surface area contributed by atoms with Crippen molar-refractivity contribution in [2.45, 2.75) is 12.0 Å². The maximum Gasteiger partial charge on any atom is 0.254 e. The number of para-hydroxylation sites is 1. The summed E-state index contributed by atoms with van der Waals surface area (Å²) in [5.41, 5.74) is 3.59. The van der Waals surface area contributed by atoms with Gasteiger partial charge in [0.25, 0.3) is 5.91 Å². The van der Waals surface area contributed by atoms with Gasteiger partial charge in [-0.1, -0.05) is 48.5 Å². The largest absolute Gasteiger partial charge is 0.497 e. The summed E-state index contributed by atoms with van der Waals surface area (Å²) in [6.45, 7) is 0. The quantitative estimate of drug-likeness (QED) is 0.498. The number of nitrogens with zero attached hydrogens (tertiary/aromatic N) is 2. The van der Waals surface area contributed by atoms with Gasteiger partial charge in [-0.3, -0.25) is 14.6 Å². The van der Waals surface area contributed by atoms with Crippen molar-refractivity contribution in [1.82, 2.24) is 9.88 Å². The topological polar surface area (TPSA) is 71.5 Å². The molecule has 6 nitrogen and oxygen atoms in total. The number of rotatable bonds is 4. The van der Waals surface area contributed by atoms with Crippen LogP contribution in [-0.2, 0) is 4.79 Å². The van der Waals surface area contributed by atoms with Crippen molar-refractivity contribution in [3.63, 3.8) is 0 Å². The van der Waals surface area contributed by atoms with E-state index in [1.54, 1.807) is 31.3 Å². The van der Waals surface area contributed by atoms with Gasteiger partial charge in [-0.2, -0.15) is 0 Å². The van der Waals surface area contributed by atoms with Gasteiger partial charge >= 0.3 is 0 Å². The predicted octanol–water partition coefficient (Wildman–Crippen LogP) is 4.79. The van der Waals surface area contributed by atoms with Crippen molar-refractivity contribution in [3.05, 3.63) is 102 Å². The van der Waals surface area contributed by atoms with Gasteiger partial charge in [0.15, 0.2) is 0 Å². The van der Waals surface area contributed by atoms with E-state index in [-0.39, 0.29) is 11.8 Å².